The second-order valence-corrected chi connectivity index (χ2v) is 4.62. The van der Waals surface area contributed by atoms with Crippen molar-refractivity contribution in [3.05, 3.63) is 24.4 Å². The Hall–Kier alpha value is -2.01. The molecule has 2 aromatic rings. The second kappa shape index (κ2) is 3.49. The van der Waals surface area contributed by atoms with Crippen molar-refractivity contribution in [1.29, 1.82) is 0 Å². The standard InChI is InChI=1S/C13H12N2O3/c16-9-5-15(6-9)13-10-4-12-11(17-7-18-12)3-8(10)1-2-14-13/h1-4,9,16H,5-7H2. The van der Waals surface area contributed by atoms with Crippen LogP contribution in [0.2, 0.25) is 0 Å². The zero-order valence-electron chi connectivity index (χ0n) is 9.67. The minimum Gasteiger partial charge on any atom is -0.454 e. The maximum Gasteiger partial charge on any atom is 0.231 e. The lowest BCUT2D eigenvalue weighted by Crippen LogP contribution is -2.51. The van der Waals surface area contributed by atoms with Crippen molar-refractivity contribution in [2.45, 2.75) is 6.10 Å². The van der Waals surface area contributed by atoms with Gasteiger partial charge in [0.15, 0.2) is 11.5 Å². The molecule has 1 N–H and O–H groups in total. The molecule has 0 radical (unpaired) electrons. The lowest BCUT2D eigenvalue weighted by atomic mass is 10.1. The molecule has 0 unspecified atom stereocenters. The second-order valence-electron chi connectivity index (χ2n) is 4.62. The maximum absolute atomic E-state index is 9.39. The summed E-state index contributed by atoms with van der Waals surface area (Å²) in [6.07, 6.45) is 1.54. The highest BCUT2D eigenvalue weighted by atomic mass is 16.7. The number of β-amino-alcohol motifs (C(OH)–C–C–N with tert-alkyl or cyclic N) is 1. The van der Waals surface area contributed by atoms with Gasteiger partial charge in [0.25, 0.3) is 0 Å². The van der Waals surface area contributed by atoms with Crippen LogP contribution in [0.25, 0.3) is 10.8 Å². The number of ether oxygens (including phenoxy) is 2. The van der Waals surface area contributed by atoms with E-state index in [0.29, 0.717) is 13.1 Å². The molecular weight excluding hydrogens is 232 g/mol. The number of nitrogens with zero attached hydrogens (tertiary/aromatic N) is 2. The highest BCUT2D eigenvalue weighted by Gasteiger charge is 2.27. The summed E-state index contributed by atoms with van der Waals surface area (Å²) < 4.78 is 10.8. The highest BCUT2D eigenvalue weighted by Crippen LogP contribution is 2.39. The van der Waals surface area contributed by atoms with Gasteiger partial charge >= 0.3 is 0 Å². The SMILES string of the molecule is OC1CN(c2nccc3cc4c(cc23)OCO4)C1. The molecule has 0 amide bonds. The van der Waals surface area contributed by atoms with Gasteiger partial charge in [0.05, 0.1) is 6.10 Å². The van der Waals surface area contributed by atoms with Crippen molar-refractivity contribution in [3.8, 4) is 11.5 Å². The Morgan fingerprint density at radius 2 is 2.00 bits per heavy atom. The van der Waals surface area contributed by atoms with Gasteiger partial charge in [-0.3, -0.25) is 0 Å². The van der Waals surface area contributed by atoms with Gasteiger partial charge in [0.2, 0.25) is 6.79 Å². The molecule has 4 rings (SSSR count). The van der Waals surface area contributed by atoms with Crippen LogP contribution in [0, 0.1) is 0 Å². The third-order valence-electron chi connectivity index (χ3n) is 3.40. The number of pyridine rings is 1. The molecule has 0 atom stereocenters. The highest BCUT2D eigenvalue weighted by molar-refractivity contribution is 5.95. The number of hydrogen-bond donors (Lipinski definition) is 1. The molecule has 1 aromatic heterocycles. The Morgan fingerprint density at radius 3 is 2.78 bits per heavy atom. The van der Waals surface area contributed by atoms with Gasteiger partial charge in [-0.2, -0.15) is 0 Å². The van der Waals surface area contributed by atoms with Gasteiger partial charge in [0, 0.05) is 24.7 Å². The summed E-state index contributed by atoms with van der Waals surface area (Å²) in [5, 5.41) is 11.5. The van der Waals surface area contributed by atoms with E-state index in [-0.39, 0.29) is 12.9 Å². The zero-order valence-corrected chi connectivity index (χ0v) is 9.67. The lowest BCUT2D eigenvalue weighted by Gasteiger charge is -2.37. The summed E-state index contributed by atoms with van der Waals surface area (Å²) in [6, 6.07) is 5.89. The molecule has 5 heteroatoms. The fourth-order valence-corrected chi connectivity index (χ4v) is 2.43. The quantitative estimate of drug-likeness (QED) is 0.815. The molecule has 3 heterocycles. The topological polar surface area (TPSA) is 54.8 Å². The van der Waals surface area contributed by atoms with E-state index in [9.17, 15) is 5.11 Å². The number of fused-ring (bicyclic) bond motifs is 2. The van der Waals surface area contributed by atoms with Crippen LogP contribution in [0.15, 0.2) is 24.4 Å². The average molecular weight is 244 g/mol. The van der Waals surface area contributed by atoms with Crippen LogP contribution in [0.3, 0.4) is 0 Å². The molecule has 1 aromatic carbocycles. The molecule has 0 bridgehead atoms. The summed E-state index contributed by atoms with van der Waals surface area (Å²) in [4.78, 5) is 6.47. The van der Waals surface area contributed by atoms with E-state index >= 15 is 0 Å². The normalized spacial score (nSPS) is 18.2. The summed E-state index contributed by atoms with van der Waals surface area (Å²) in [6.45, 7) is 1.55. The van der Waals surface area contributed by atoms with E-state index in [1.165, 1.54) is 0 Å². The molecule has 92 valence electrons. The van der Waals surface area contributed by atoms with Crippen molar-refractivity contribution < 1.29 is 14.6 Å². The third-order valence-corrected chi connectivity index (χ3v) is 3.40. The maximum atomic E-state index is 9.39. The van der Waals surface area contributed by atoms with Gasteiger partial charge in [-0.1, -0.05) is 0 Å². The van der Waals surface area contributed by atoms with Gasteiger partial charge in [-0.15, -0.1) is 0 Å². The van der Waals surface area contributed by atoms with E-state index in [0.717, 1.165) is 28.1 Å². The summed E-state index contributed by atoms with van der Waals surface area (Å²) in [7, 11) is 0. The largest absolute Gasteiger partial charge is 0.454 e. The first-order chi connectivity index (χ1) is 8.81. The molecule has 2 aliphatic heterocycles. The number of aromatic nitrogens is 1. The van der Waals surface area contributed by atoms with Crippen molar-refractivity contribution in [2.75, 3.05) is 24.8 Å². The molecule has 18 heavy (non-hydrogen) atoms. The number of aliphatic hydroxyl groups excluding tert-OH is 1. The predicted molar refractivity (Wildman–Crippen MR) is 66.1 cm³/mol. The molecule has 1 saturated heterocycles. The zero-order chi connectivity index (χ0) is 12.1. The Labute approximate surface area is 104 Å². The summed E-state index contributed by atoms with van der Waals surface area (Å²) in [5.41, 5.74) is 0. The first-order valence-electron chi connectivity index (χ1n) is 5.92. The fourth-order valence-electron chi connectivity index (χ4n) is 2.43. The predicted octanol–water partition coefficient (Wildman–Crippen LogP) is 1.14. The molecule has 0 spiro atoms. The van der Waals surface area contributed by atoms with Crippen molar-refractivity contribution >= 4 is 16.6 Å². The first kappa shape index (κ1) is 9.96. The number of hydrogen-bond acceptors (Lipinski definition) is 5. The molecular formula is C13H12N2O3. The van der Waals surface area contributed by atoms with Crippen LogP contribution in [0.4, 0.5) is 5.82 Å². The number of aliphatic hydroxyl groups is 1. The minimum atomic E-state index is -0.240. The average Bonchev–Trinajstić information content (AvgIpc) is 2.79. The van der Waals surface area contributed by atoms with Gasteiger partial charge in [0.1, 0.15) is 5.82 Å². The fraction of sp³-hybridized carbons (Fsp3) is 0.308. The van der Waals surface area contributed by atoms with E-state index in [2.05, 4.69) is 9.88 Å². The van der Waals surface area contributed by atoms with Gasteiger partial charge in [-0.05, 0) is 23.6 Å². The number of benzene rings is 1. The van der Waals surface area contributed by atoms with Crippen molar-refractivity contribution in [3.63, 3.8) is 0 Å². The van der Waals surface area contributed by atoms with Crippen LogP contribution in [0.5, 0.6) is 11.5 Å². The minimum absolute atomic E-state index is 0.240. The van der Waals surface area contributed by atoms with Crippen molar-refractivity contribution in [1.82, 2.24) is 4.98 Å². The lowest BCUT2D eigenvalue weighted by molar-refractivity contribution is 0.141. The van der Waals surface area contributed by atoms with Crippen LogP contribution < -0.4 is 14.4 Å². The van der Waals surface area contributed by atoms with Crippen LogP contribution >= 0.6 is 0 Å². The molecule has 5 nitrogen and oxygen atoms in total. The molecule has 0 aliphatic carbocycles. The Bertz CT molecular complexity index is 623. The van der Waals surface area contributed by atoms with Crippen LogP contribution in [0.1, 0.15) is 0 Å². The molecule has 0 saturated carbocycles. The van der Waals surface area contributed by atoms with Crippen LogP contribution in [-0.4, -0.2) is 36.1 Å². The Kier molecular flexibility index (Phi) is 1.93. The van der Waals surface area contributed by atoms with Crippen molar-refractivity contribution in [2.24, 2.45) is 0 Å². The van der Waals surface area contributed by atoms with Gasteiger partial charge < -0.3 is 19.5 Å². The first-order valence-corrected chi connectivity index (χ1v) is 5.92. The van der Waals surface area contributed by atoms with E-state index in [1.54, 1.807) is 6.20 Å². The van der Waals surface area contributed by atoms with E-state index in [1.807, 2.05) is 18.2 Å². The van der Waals surface area contributed by atoms with Crippen LogP contribution in [-0.2, 0) is 0 Å². The van der Waals surface area contributed by atoms with E-state index in [4.69, 9.17) is 9.47 Å². The number of rotatable bonds is 1. The van der Waals surface area contributed by atoms with Gasteiger partial charge in [-0.25, -0.2) is 4.98 Å². The Morgan fingerprint density at radius 1 is 1.22 bits per heavy atom. The molecule has 2 aliphatic rings. The third kappa shape index (κ3) is 1.34. The van der Waals surface area contributed by atoms with E-state index < -0.39 is 0 Å². The smallest absolute Gasteiger partial charge is 0.231 e. The Balaban J connectivity index is 1.88. The summed E-state index contributed by atoms with van der Waals surface area (Å²) in [5.74, 6) is 2.44. The monoisotopic (exact) mass is 244 g/mol. The summed E-state index contributed by atoms with van der Waals surface area (Å²) >= 11 is 0. The number of anilines is 1. The molecule has 1 fully saturated rings.